The largest absolute Gasteiger partial charge is 0.0619 e. The maximum Gasteiger partial charge on any atom is -0.000718 e. The van der Waals surface area contributed by atoms with E-state index in [2.05, 4.69) is 184 Å². The highest BCUT2D eigenvalue weighted by molar-refractivity contribution is 6.13. The average molecular weight is 649 g/mol. The normalized spacial score (nSPS) is 12.0. The van der Waals surface area contributed by atoms with Crippen molar-refractivity contribution in [1.29, 1.82) is 0 Å². The molecule has 0 aliphatic heterocycles. The van der Waals surface area contributed by atoms with Gasteiger partial charge in [0.1, 0.15) is 0 Å². The molecule has 240 valence electrons. The lowest BCUT2D eigenvalue weighted by atomic mass is 9.81. The van der Waals surface area contributed by atoms with E-state index in [1.165, 1.54) is 110 Å². The summed E-state index contributed by atoms with van der Waals surface area (Å²) in [6.45, 7) is 4.59. The van der Waals surface area contributed by atoms with Crippen LogP contribution >= 0.6 is 0 Å². The fourth-order valence-electron chi connectivity index (χ4n) is 8.75. The molecule has 0 unspecified atom stereocenters. The molecule has 0 aromatic heterocycles. The van der Waals surface area contributed by atoms with Gasteiger partial charge in [0.2, 0.25) is 0 Å². The van der Waals surface area contributed by atoms with Crippen molar-refractivity contribution in [3.8, 4) is 55.6 Å². The van der Waals surface area contributed by atoms with E-state index in [9.17, 15) is 0 Å². The van der Waals surface area contributed by atoms with Crippen molar-refractivity contribution in [3.63, 3.8) is 0 Å². The number of hydrogen-bond acceptors (Lipinski definition) is 0. The number of rotatable bonds is 4. The molecule has 0 fully saturated rings. The highest BCUT2D eigenvalue weighted by Gasteiger charge is 2.27. The molecule has 0 bridgehead atoms. The Morgan fingerprint density at radius 1 is 0.333 bits per heavy atom. The Bertz CT molecular complexity index is 2840. The Balaban J connectivity index is 1.31. The van der Waals surface area contributed by atoms with Crippen molar-refractivity contribution in [2.24, 2.45) is 0 Å². The first-order chi connectivity index (χ1) is 25.1. The van der Waals surface area contributed by atoms with Crippen molar-refractivity contribution in [3.05, 3.63) is 192 Å². The molecule has 0 saturated heterocycles. The van der Waals surface area contributed by atoms with Crippen LogP contribution in [0.5, 0.6) is 0 Å². The van der Waals surface area contributed by atoms with Crippen molar-refractivity contribution in [2.75, 3.05) is 0 Å². The SMILES string of the molecule is Cc1cc2c(c(-c3ccccc3-c3c(-c4ccccc4-c4cccc5ccccc45)ccc4cc5ccccc5cc34)c1C)Cc1ccccc1-2. The summed E-state index contributed by atoms with van der Waals surface area (Å²) in [5.41, 5.74) is 18.5. The van der Waals surface area contributed by atoms with Crippen LogP contribution in [0.1, 0.15) is 22.3 Å². The summed E-state index contributed by atoms with van der Waals surface area (Å²) < 4.78 is 0. The van der Waals surface area contributed by atoms with Crippen LogP contribution in [-0.4, -0.2) is 0 Å². The third kappa shape index (κ3) is 4.68. The molecule has 9 aromatic rings. The number of aryl methyl sites for hydroxylation is 1. The molecule has 0 heteroatoms. The minimum absolute atomic E-state index is 0.952. The van der Waals surface area contributed by atoms with Crippen LogP contribution in [0.15, 0.2) is 170 Å². The van der Waals surface area contributed by atoms with E-state index in [1.807, 2.05) is 0 Å². The molecule has 9 aromatic carbocycles. The summed E-state index contributed by atoms with van der Waals surface area (Å²) in [7, 11) is 0. The lowest BCUT2D eigenvalue weighted by Crippen LogP contribution is -1.98. The fraction of sp³-hybridized carbons (Fsp3) is 0.0588. The van der Waals surface area contributed by atoms with Crippen LogP contribution < -0.4 is 0 Å². The van der Waals surface area contributed by atoms with Gasteiger partial charge in [0.15, 0.2) is 0 Å². The summed E-state index contributed by atoms with van der Waals surface area (Å²) in [5, 5.41) is 7.57. The molecule has 0 spiro atoms. The second-order valence-electron chi connectivity index (χ2n) is 14.1. The van der Waals surface area contributed by atoms with Crippen LogP contribution in [0.4, 0.5) is 0 Å². The Hall–Kier alpha value is -6.24. The molecule has 0 saturated carbocycles. The molecule has 0 N–H and O–H groups in total. The first-order valence-corrected chi connectivity index (χ1v) is 18.0. The number of hydrogen-bond donors (Lipinski definition) is 0. The molecule has 0 atom stereocenters. The molecule has 0 heterocycles. The van der Waals surface area contributed by atoms with E-state index in [-0.39, 0.29) is 0 Å². The maximum absolute atomic E-state index is 2.42. The topological polar surface area (TPSA) is 0 Å². The van der Waals surface area contributed by atoms with Gasteiger partial charge in [-0.1, -0.05) is 158 Å². The predicted molar refractivity (Wildman–Crippen MR) is 218 cm³/mol. The fourth-order valence-corrected chi connectivity index (χ4v) is 8.75. The molecule has 1 aliphatic carbocycles. The highest BCUT2D eigenvalue weighted by Crippen LogP contribution is 2.50. The number of fused-ring (bicyclic) bond motifs is 6. The smallest absolute Gasteiger partial charge is 0.000718 e. The van der Waals surface area contributed by atoms with E-state index >= 15 is 0 Å². The summed E-state index contributed by atoms with van der Waals surface area (Å²) in [5.74, 6) is 0. The second kappa shape index (κ2) is 11.7. The van der Waals surface area contributed by atoms with Crippen LogP contribution in [0, 0.1) is 13.8 Å². The summed E-state index contributed by atoms with van der Waals surface area (Å²) in [6, 6.07) is 63.2. The van der Waals surface area contributed by atoms with Gasteiger partial charge in [-0.3, -0.25) is 0 Å². The molecular weight excluding hydrogens is 613 g/mol. The van der Waals surface area contributed by atoms with E-state index in [0.717, 1.165) is 6.42 Å². The Labute approximate surface area is 299 Å². The zero-order valence-electron chi connectivity index (χ0n) is 28.9. The second-order valence-corrected chi connectivity index (χ2v) is 14.1. The third-order valence-electron chi connectivity index (χ3n) is 11.3. The predicted octanol–water partition coefficient (Wildman–Crippen LogP) is 14.0. The Morgan fingerprint density at radius 3 is 1.69 bits per heavy atom. The summed E-state index contributed by atoms with van der Waals surface area (Å²) in [6.07, 6.45) is 0.952. The summed E-state index contributed by atoms with van der Waals surface area (Å²) >= 11 is 0. The summed E-state index contributed by atoms with van der Waals surface area (Å²) in [4.78, 5) is 0. The van der Waals surface area contributed by atoms with Gasteiger partial charge in [-0.15, -0.1) is 0 Å². The standard InChI is InChI=1S/C51H36/c1-32-28-48-40-20-8-6-17-37(40)31-49(48)50(33(32)2)44-23-11-12-24-45(44)51-46(27-26-38-29-35-15-3-4-16-36(35)30-47(38)51)43-22-10-9-21-42(43)41-25-13-18-34-14-5-7-19-39(34)41/h3-30H,31H2,1-2H3. The monoisotopic (exact) mass is 648 g/mol. The molecule has 10 rings (SSSR count). The zero-order valence-corrected chi connectivity index (χ0v) is 28.9. The Kier molecular flexibility index (Phi) is 6.79. The van der Waals surface area contributed by atoms with Crippen LogP contribution in [-0.2, 0) is 6.42 Å². The number of benzene rings is 9. The van der Waals surface area contributed by atoms with E-state index in [0.29, 0.717) is 0 Å². The molecule has 1 aliphatic rings. The first kappa shape index (κ1) is 29.7. The van der Waals surface area contributed by atoms with Crippen LogP contribution in [0.25, 0.3) is 88.0 Å². The van der Waals surface area contributed by atoms with Crippen molar-refractivity contribution >= 4 is 32.3 Å². The molecular formula is C51H36. The van der Waals surface area contributed by atoms with Crippen molar-refractivity contribution in [1.82, 2.24) is 0 Å². The maximum atomic E-state index is 2.42. The average Bonchev–Trinajstić information content (AvgIpc) is 3.54. The van der Waals surface area contributed by atoms with Gasteiger partial charge in [-0.2, -0.15) is 0 Å². The lowest BCUT2D eigenvalue weighted by molar-refractivity contribution is 1.23. The van der Waals surface area contributed by atoms with Crippen LogP contribution in [0.2, 0.25) is 0 Å². The van der Waals surface area contributed by atoms with Gasteiger partial charge in [0.25, 0.3) is 0 Å². The molecule has 0 radical (unpaired) electrons. The minimum atomic E-state index is 0.952. The van der Waals surface area contributed by atoms with Gasteiger partial charge in [-0.05, 0) is 143 Å². The minimum Gasteiger partial charge on any atom is -0.0619 e. The van der Waals surface area contributed by atoms with Gasteiger partial charge < -0.3 is 0 Å². The molecule has 0 nitrogen and oxygen atoms in total. The molecule has 0 amide bonds. The Morgan fingerprint density at radius 2 is 0.902 bits per heavy atom. The van der Waals surface area contributed by atoms with E-state index in [4.69, 9.17) is 0 Å². The van der Waals surface area contributed by atoms with Crippen molar-refractivity contribution in [2.45, 2.75) is 20.3 Å². The van der Waals surface area contributed by atoms with Gasteiger partial charge in [0.05, 0.1) is 0 Å². The lowest BCUT2D eigenvalue weighted by Gasteiger charge is -2.23. The third-order valence-corrected chi connectivity index (χ3v) is 11.3. The van der Waals surface area contributed by atoms with E-state index in [1.54, 1.807) is 0 Å². The van der Waals surface area contributed by atoms with Crippen LogP contribution in [0.3, 0.4) is 0 Å². The van der Waals surface area contributed by atoms with Gasteiger partial charge in [0, 0.05) is 0 Å². The van der Waals surface area contributed by atoms with Gasteiger partial charge in [-0.25, -0.2) is 0 Å². The van der Waals surface area contributed by atoms with Crippen molar-refractivity contribution < 1.29 is 0 Å². The highest BCUT2D eigenvalue weighted by atomic mass is 14.3. The zero-order chi connectivity index (χ0) is 34.1. The molecule has 51 heavy (non-hydrogen) atoms. The van der Waals surface area contributed by atoms with Gasteiger partial charge >= 0.3 is 0 Å². The first-order valence-electron chi connectivity index (χ1n) is 18.0. The quantitative estimate of drug-likeness (QED) is 0.167. The van der Waals surface area contributed by atoms with E-state index < -0.39 is 0 Å².